The van der Waals surface area contributed by atoms with Crippen molar-refractivity contribution >= 4 is 17.0 Å². The largest absolute Gasteiger partial charge is 0.417 e. The van der Waals surface area contributed by atoms with E-state index >= 15 is 0 Å². The van der Waals surface area contributed by atoms with E-state index in [-0.39, 0.29) is 34.3 Å². The second-order valence-corrected chi connectivity index (χ2v) is 6.80. The molecule has 1 aliphatic heterocycles. The van der Waals surface area contributed by atoms with E-state index in [1.165, 1.54) is 12.4 Å². The standard InChI is InChI=1S/C19H18F3N7O/c20-19(21,22)12-5-14-15(10-27-17(14)26-8-12)16-11(6-23)7-28-18(29-16)25-2-1-13-9-24-3-4-30-13/h5,7-8,10,13,24H,1-4,9H2,(H,26,27)(H,25,28,29). The van der Waals surface area contributed by atoms with Crippen LogP contribution >= 0.6 is 0 Å². The summed E-state index contributed by atoms with van der Waals surface area (Å²) in [5, 5.41) is 16.0. The van der Waals surface area contributed by atoms with Crippen molar-refractivity contribution in [2.75, 3.05) is 31.6 Å². The number of nitrogens with one attached hydrogen (secondary N) is 3. The third kappa shape index (κ3) is 4.19. The van der Waals surface area contributed by atoms with E-state index in [1.54, 1.807) is 0 Å². The number of aromatic nitrogens is 4. The molecule has 1 saturated heterocycles. The summed E-state index contributed by atoms with van der Waals surface area (Å²) in [5.74, 6) is 0.280. The van der Waals surface area contributed by atoms with Gasteiger partial charge in [-0.05, 0) is 12.5 Å². The highest BCUT2D eigenvalue weighted by Gasteiger charge is 2.31. The molecule has 3 aromatic heterocycles. The summed E-state index contributed by atoms with van der Waals surface area (Å²) in [5.41, 5.74) is 0.141. The highest BCUT2D eigenvalue weighted by atomic mass is 19.4. The SMILES string of the molecule is N#Cc1cnc(NCCC2CNCCO2)nc1-c1c[nH]c2ncc(C(F)(F)F)cc12. The van der Waals surface area contributed by atoms with Crippen LogP contribution < -0.4 is 10.6 Å². The first-order valence-electron chi connectivity index (χ1n) is 9.33. The lowest BCUT2D eigenvalue weighted by Gasteiger charge is -2.23. The number of ether oxygens (including phenoxy) is 1. The maximum atomic E-state index is 13.1. The highest BCUT2D eigenvalue weighted by Crippen LogP contribution is 2.34. The van der Waals surface area contributed by atoms with Crippen LogP contribution in [-0.2, 0) is 10.9 Å². The topological polar surface area (TPSA) is 112 Å². The van der Waals surface area contributed by atoms with Gasteiger partial charge in [0.2, 0.25) is 5.95 Å². The molecule has 0 amide bonds. The van der Waals surface area contributed by atoms with E-state index in [0.717, 1.165) is 31.8 Å². The van der Waals surface area contributed by atoms with Crippen LogP contribution in [-0.4, -0.2) is 52.3 Å². The van der Waals surface area contributed by atoms with E-state index in [2.05, 4.69) is 30.6 Å². The molecule has 3 N–H and O–H groups in total. The highest BCUT2D eigenvalue weighted by molar-refractivity contribution is 5.94. The van der Waals surface area contributed by atoms with Crippen LogP contribution in [0, 0.1) is 11.3 Å². The molecule has 30 heavy (non-hydrogen) atoms. The Morgan fingerprint density at radius 2 is 2.17 bits per heavy atom. The maximum Gasteiger partial charge on any atom is 0.417 e. The van der Waals surface area contributed by atoms with Crippen molar-refractivity contribution in [2.24, 2.45) is 0 Å². The third-order valence-electron chi connectivity index (χ3n) is 4.78. The quantitative estimate of drug-likeness (QED) is 0.585. The Balaban J connectivity index is 1.61. The minimum Gasteiger partial charge on any atom is -0.376 e. The summed E-state index contributed by atoms with van der Waals surface area (Å²) < 4.78 is 44.9. The van der Waals surface area contributed by atoms with Gasteiger partial charge in [-0.25, -0.2) is 15.0 Å². The first-order chi connectivity index (χ1) is 14.5. The molecular weight excluding hydrogens is 399 g/mol. The molecule has 0 aliphatic carbocycles. The molecule has 8 nitrogen and oxygen atoms in total. The first kappa shape index (κ1) is 20.1. The molecule has 0 spiro atoms. The van der Waals surface area contributed by atoms with E-state index in [0.29, 0.717) is 18.7 Å². The summed E-state index contributed by atoms with van der Waals surface area (Å²) in [6.07, 6.45) is -0.0946. The van der Waals surface area contributed by atoms with Crippen molar-refractivity contribution in [3.05, 3.63) is 35.8 Å². The van der Waals surface area contributed by atoms with Crippen molar-refractivity contribution in [1.82, 2.24) is 25.3 Å². The van der Waals surface area contributed by atoms with Crippen LogP contribution in [0.3, 0.4) is 0 Å². The van der Waals surface area contributed by atoms with Crippen LogP contribution in [0.5, 0.6) is 0 Å². The number of alkyl halides is 3. The lowest BCUT2D eigenvalue weighted by molar-refractivity contribution is -0.137. The number of morpholine rings is 1. The van der Waals surface area contributed by atoms with Gasteiger partial charge in [0.15, 0.2) is 0 Å². The van der Waals surface area contributed by atoms with Gasteiger partial charge in [-0.1, -0.05) is 0 Å². The predicted octanol–water partition coefficient (Wildman–Crippen LogP) is 2.70. The lowest BCUT2D eigenvalue weighted by Crippen LogP contribution is -2.39. The minimum atomic E-state index is -4.53. The second-order valence-electron chi connectivity index (χ2n) is 6.80. The van der Waals surface area contributed by atoms with Crippen LogP contribution in [0.4, 0.5) is 19.1 Å². The Labute approximate surface area is 169 Å². The van der Waals surface area contributed by atoms with E-state index < -0.39 is 11.7 Å². The molecule has 0 aromatic carbocycles. The van der Waals surface area contributed by atoms with Gasteiger partial charge in [0.25, 0.3) is 0 Å². The predicted molar refractivity (Wildman–Crippen MR) is 103 cm³/mol. The van der Waals surface area contributed by atoms with Crippen molar-refractivity contribution < 1.29 is 17.9 Å². The normalized spacial score (nSPS) is 17.1. The molecular formula is C19H18F3N7O. The number of nitrogens with zero attached hydrogens (tertiary/aromatic N) is 4. The number of aromatic amines is 1. The fourth-order valence-corrected chi connectivity index (χ4v) is 3.26. The Bertz CT molecular complexity index is 1080. The summed E-state index contributed by atoms with van der Waals surface area (Å²) in [4.78, 5) is 15.2. The van der Waals surface area contributed by atoms with Gasteiger partial charge in [0.05, 0.1) is 35.7 Å². The minimum absolute atomic E-state index is 0.0876. The molecule has 156 valence electrons. The van der Waals surface area contributed by atoms with Gasteiger partial charge in [0, 0.05) is 43.0 Å². The average molecular weight is 417 g/mol. The van der Waals surface area contributed by atoms with Gasteiger partial charge in [-0.2, -0.15) is 18.4 Å². The van der Waals surface area contributed by atoms with Crippen LogP contribution in [0.1, 0.15) is 17.5 Å². The Morgan fingerprint density at radius 3 is 2.90 bits per heavy atom. The van der Waals surface area contributed by atoms with E-state index in [1.807, 2.05) is 6.07 Å². The average Bonchev–Trinajstić information content (AvgIpc) is 3.17. The van der Waals surface area contributed by atoms with Crippen molar-refractivity contribution in [3.8, 4) is 17.3 Å². The summed E-state index contributed by atoms with van der Waals surface area (Å²) in [6, 6.07) is 2.99. The van der Waals surface area contributed by atoms with E-state index in [4.69, 9.17) is 4.74 Å². The third-order valence-corrected chi connectivity index (χ3v) is 4.78. The number of halogens is 3. The van der Waals surface area contributed by atoms with Gasteiger partial charge in [-0.3, -0.25) is 0 Å². The summed E-state index contributed by atoms with van der Waals surface area (Å²) in [6.45, 7) is 2.81. The summed E-state index contributed by atoms with van der Waals surface area (Å²) >= 11 is 0. The van der Waals surface area contributed by atoms with E-state index in [9.17, 15) is 18.4 Å². The molecule has 0 saturated carbocycles. The van der Waals surface area contributed by atoms with Crippen LogP contribution in [0.15, 0.2) is 24.7 Å². The molecule has 1 unspecified atom stereocenters. The zero-order chi connectivity index (χ0) is 21.1. The second kappa shape index (κ2) is 8.25. The number of H-pyrrole nitrogens is 1. The number of pyridine rings is 1. The monoisotopic (exact) mass is 417 g/mol. The molecule has 1 atom stereocenters. The van der Waals surface area contributed by atoms with Crippen molar-refractivity contribution in [3.63, 3.8) is 0 Å². The number of hydrogen-bond acceptors (Lipinski definition) is 7. The zero-order valence-electron chi connectivity index (χ0n) is 15.8. The molecule has 4 heterocycles. The molecule has 1 fully saturated rings. The Morgan fingerprint density at radius 1 is 1.30 bits per heavy atom. The number of fused-ring (bicyclic) bond motifs is 1. The number of hydrogen-bond donors (Lipinski definition) is 3. The van der Waals surface area contributed by atoms with Crippen molar-refractivity contribution in [1.29, 1.82) is 5.26 Å². The van der Waals surface area contributed by atoms with Gasteiger partial charge < -0.3 is 20.4 Å². The molecule has 0 radical (unpaired) electrons. The fraction of sp³-hybridized carbons (Fsp3) is 0.368. The smallest absolute Gasteiger partial charge is 0.376 e. The van der Waals surface area contributed by atoms with Crippen molar-refractivity contribution in [2.45, 2.75) is 18.7 Å². The number of rotatable bonds is 5. The molecule has 11 heteroatoms. The maximum absolute atomic E-state index is 13.1. The Hall–Kier alpha value is -3.23. The zero-order valence-corrected chi connectivity index (χ0v) is 15.8. The Kier molecular flexibility index (Phi) is 5.52. The molecule has 0 bridgehead atoms. The molecule has 1 aliphatic rings. The fourth-order valence-electron chi connectivity index (χ4n) is 3.26. The number of anilines is 1. The molecule has 3 aromatic rings. The van der Waals surface area contributed by atoms with Gasteiger partial charge in [0.1, 0.15) is 11.7 Å². The number of nitriles is 1. The lowest BCUT2D eigenvalue weighted by atomic mass is 10.1. The summed E-state index contributed by atoms with van der Waals surface area (Å²) in [7, 11) is 0. The van der Waals surface area contributed by atoms with Crippen LogP contribution in [0.2, 0.25) is 0 Å². The van der Waals surface area contributed by atoms with Crippen LogP contribution in [0.25, 0.3) is 22.3 Å². The molecule has 4 rings (SSSR count). The first-order valence-corrected chi connectivity index (χ1v) is 9.33. The van der Waals surface area contributed by atoms with Gasteiger partial charge >= 0.3 is 6.18 Å². The van der Waals surface area contributed by atoms with Gasteiger partial charge in [-0.15, -0.1) is 0 Å².